The monoisotopic (exact) mass is 321 g/mol. The molecule has 0 spiro atoms. The van der Waals surface area contributed by atoms with Gasteiger partial charge in [-0.3, -0.25) is 0 Å². The largest absolute Gasteiger partial charge is 0.488 e. The molecule has 1 N–H and O–H groups in total. The number of nitrogens with one attached hydrogen (secondary N) is 1. The highest BCUT2D eigenvalue weighted by Crippen LogP contribution is 2.38. The van der Waals surface area contributed by atoms with Crippen LogP contribution in [-0.4, -0.2) is 42.3 Å². The summed E-state index contributed by atoms with van der Waals surface area (Å²) >= 11 is 6.19. The molecule has 5 nitrogen and oxygen atoms in total. The highest BCUT2D eigenvalue weighted by Gasteiger charge is 2.34. The third-order valence-electron chi connectivity index (χ3n) is 4.81. The van der Waals surface area contributed by atoms with Crippen LogP contribution >= 0.6 is 11.6 Å². The maximum atomic E-state index is 6.19. The first-order valence-electron chi connectivity index (χ1n) is 7.96. The van der Waals surface area contributed by atoms with Gasteiger partial charge in [-0.15, -0.1) is 0 Å². The molecule has 2 bridgehead atoms. The first-order chi connectivity index (χ1) is 10.8. The van der Waals surface area contributed by atoms with Crippen molar-refractivity contribution >= 4 is 28.4 Å². The summed E-state index contributed by atoms with van der Waals surface area (Å²) in [5, 5.41) is 9.28. The van der Waals surface area contributed by atoms with Crippen molar-refractivity contribution in [1.29, 1.82) is 0 Å². The van der Waals surface area contributed by atoms with E-state index in [2.05, 4.69) is 15.4 Å². The molecule has 0 radical (unpaired) electrons. The second kappa shape index (κ2) is 5.63. The van der Waals surface area contributed by atoms with Crippen molar-refractivity contribution in [3.05, 3.63) is 17.2 Å². The summed E-state index contributed by atoms with van der Waals surface area (Å²) in [4.78, 5) is 2.52. The van der Waals surface area contributed by atoms with Crippen molar-refractivity contribution in [2.45, 2.75) is 25.8 Å². The van der Waals surface area contributed by atoms with E-state index in [1.165, 1.54) is 25.9 Å². The van der Waals surface area contributed by atoms with Gasteiger partial charge in [0.25, 0.3) is 0 Å². The van der Waals surface area contributed by atoms with Crippen molar-refractivity contribution in [2.75, 3.05) is 31.6 Å². The van der Waals surface area contributed by atoms with Gasteiger partial charge in [0.05, 0.1) is 17.0 Å². The Hall–Kier alpha value is -1.46. The van der Waals surface area contributed by atoms with Gasteiger partial charge in [0.2, 0.25) is 5.58 Å². The van der Waals surface area contributed by atoms with E-state index in [4.69, 9.17) is 20.9 Å². The fourth-order valence-electron chi connectivity index (χ4n) is 3.64. The molecule has 1 aromatic carbocycles. The van der Waals surface area contributed by atoms with E-state index in [0.717, 1.165) is 23.7 Å². The number of anilines is 1. The van der Waals surface area contributed by atoms with Crippen LogP contribution in [0.1, 0.15) is 19.8 Å². The topological polar surface area (TPSA) is 50.5 Å². The van der Waals surface area contributed by atoms with Gasteiger partial charge in [-0.2, -0.15) is 0 Å². The van der Waals surface area contributed by atoms with Gasteiger partial charge < -0.3 is 19.5 Å². The van der Waals surface area contributed by atoms with Gasteiger partial charge in [-0.1, -0.05) is 16.8 Å². The van der Waals surface area contributed by atoms with Crippen LogP contribution in [0.4, 0.5) is 5.82 Å². The van der Waals surface area contributed by atoms with Gasteiger partial charge in [0.1, 0.15) is 0 Å². The van der Waals surface area contributed by atoms with Gasteiger partial charge >= 0.3 is 0 Å². The summed E-state index contributed by atoms with van der Waals surface area (Å²) in [6.07, 6.45) is 2.53. The van der Waals surface area contributed by atoms with Crippen LogP contribution in [-0.2, 0) is 0 Å². The number of aromatic nitrogens is 1. The number of ether oxygens (including phenoxy) is 1. The fourth-order valence-corrected chi connectivity index (χ4v) is 3.85. The Morgan fingerprint density at radius 3 is 2.91 bits per heavy atom. The fraction of sp³-hybridized carbons (Fsp3) is 0.562. The molecule has 4 heterocycles. The van der Waals surface area contributed by atoms with Crippen molar-refractivity contribution in [1.82, 2.24) is 10.1 Å². The molecule has 2 aromatic rings. The second-order valence-electron chi connectivity index (χ2n) is 6.11. The third kappa shape index (κ3) is 2.32. The molecule has 6 heteroatoms. The molecule has 5 rings (SSSR count). The third-order valence-corrected chi connectivity index (χ3v) is 5.11. The second-order valence-corrected chi connectivity index (χ2v) is 6.51. The Balaban J connectivity index is 1.64. The summed E-state index contributed by atoms with van der Waals surface area (Å²) in [5.74, 6) is 2.11. The lowest BCUT2D eigenvalue weighted by atomic mass is 9.84. The molecular weight excluding hydrogens is 302 g/mol. The number of fused-ring (bicyclic) bond motifs is 4. The van der Waals surface area contributed by atoms with Crippen molar-refractivity contribution in [3.63, 3.8) is 0 Å². The molecule has 1 aromatic heterocycles. The SMILES string of the molecule is CCOc1c(Cl)ccc2c(N[C@@H]3CN4CCC3CC4)noc12. The minimum Gasteiger partial charge on any atom is -0.488 e. The number of halogens is 1. The minimum atomic E-state index is 0.446. The van der Waals surface area contributed by atoms with E-state index in [0.29, 0.717) is 29.0 Å². The van der Waals surface area contributed by atoms with E-state index >= 15 is 0 Å². The van der Waals surface area contributed by atoms with Gasteiger partial charge in [0, 0.05) is 12.6 Å². The highest BCUT2D eigenvalue weighted by atomic mass is 35.5. The Bertz CT molecular complexity index is 679. The van der Waals surface area contributed by atoms with Crippen LogP contribution in [0.5, 0.6) is 5.75 Å². The highest BCUT2D eigenvalue weighted by molar-refractivity contribution is 6.33. The van der Waals surface area contributed by atoms with Crippen molar-refractivity contribution in [3.8, 4) is 5.75 Å². The van der Waals surface area contributed by atoms with E-state index < -0.39 is 0 Å². The Labute approximate surface area is 134 Å². The lowest BCUT2D eigenvalue weighted by Crippen LogP contribution is -2.53. The van der Waals surface area contributed by atoms with Gasteiger partial charge in [-0.05, 0) is 50.9 Å². The number of hydrogen-bond donors (Lipinski definition) is 1. The standard InChI is InChI=1S/C16H20ClN3O2/c1-2-21-15-12(17)4-3-11-14(15)22-19-16(11)18-13-9-20-7-5-10(13)6-8-20/h3-4,10,13H,2,5-9H2,1H3,(H,18,19)/t13-/m1/s1. The van der Waals surface area contributed by atoms with Crippen LogP contribution in [0.15, 0.2) is 16.7 Å². The average molecular weight is 322 g/mol. The van der Waals surface area contributed by atoms with Gasteiger partial charge in [-0.25, -0.2) is 0 Å². The number of benzene rings is 1. The number of rotatable bonds is 4. The Kier molecular flexibility index (Phi) is 3.62. The molecule has 0 aliphatic carbocycles. The lowest BCUT2D eigenvalue weighted by Gasteiger charge is -2.44. The molecular formula is C16H20ClN3O2. The predicted molar refractivity (Wildman–Crippen MR) is 86.8 cm³/mol. The summed E-state index contributed by atoms with van der Waals surface area (Å²) in [6.45, 7) is 6.02. The van der Waals surface area contributed by atoms with E-state index in [-0.39, 0.29) is 0 Å². The van der Waals surface area contributed by atoms with Crippen LogP contribution in [0, 0.1) is 5.92 Å². The normalized spacial score (nSPS) is 27.3. The van der Waals surface area contributed by atoms with E-state index in [1.807, 2.05) is 19.1 Å². The molecule has 0 saturated carbocycles. The molecule has 118 valence electrons. The summed E-state index contributed by atoms with van der Waals surface area (Å²) < 4.78 is 11.1. The lowest BCUT2D eigenvalue weighted by molar-refractivity contribution is 0.0973. The summed E-state index contributed by atoms with van der Waals surface area (Å²) in [6, 6.07) is 4.23. The van der Waals surface area contributed by atoms with Gasteiger partial charge in [0.15, 0.2) is 11.6 Å². The number of piperidine rings is 3. The molecule has 0 amide bonds. The minimum absolute atomic E-state index is 0.446. The maximum Gasteiger partial charge on any atom is 0.212 e. The molecule has 3 aliphatic heterocycles. The zero-order chi connectivity index (χ0) is 15.1. The summed E-state index contributed by atoms with van der Waals surface area (Å²) in [7, 11) is 0. The predicted octanol–water partition coefficient (Wildman–Crippen LogP) is 3.39. The molecule has 1 atom stereocenters. The molecule has 3 saturated heterocycles. The molecule has 3 aliphatic rings. The van der Waals surface area contributed by atoms with Crippen LogP contribution in [0.2, 0.25) is 5.02 Å². The zero-order valence-electron chi connectivity index (χ0n) is 12.6. The Morgan fingerprint density at radius 2 is 2.23 bits per heavy atom. The Morgan fingerprint density at radius 1 is 1.41 bits per heavy atom. The first kappa shape index (κ1) is 14.2. The first-order valence-corrected chi connectivity index (χ1v) is 8.33. The van der Waals surface area contributed by atoms with Crippen molar-refractivity contribution in [2.24, 2.45) is 5.92 Å². The average Bonchev–Trinajstić information content (AvgIpc) is 2.95. The molecule has 22 heavy (non-hydrogen) atoms. The van der Waals surface area contributed by atoms with Crippen molar-refractivity contribution < 1.29 is 9.26 Å². The van der Waals surface area contributed by atoms with E-state index in [9.17, 15) is 0 Å². The quantitative estimate of drug-likeness (QED) is 0.935. The number of hydrogen-bond acceptors (Lipinski definition) is 5. The maximum absolute atomic E-state index is 6.19. The summed E-state index contributed by atoms with van der Waals surface area (Å²) in [5.41, 5.74) is 0.623. The molecule has 0 unspecified atom stereocenters. The smallest absolute Gasteiger partial charge is 0.212 e. The van der Waals surface area contributed by atoms with Crippen LogP contribution < -0.4 is 10.1 Å². The van der Waals surface area contributed by atoms with E-state index in [1.54, 1.807) is 0 Å². The zero-order valence-corrected chi connectivity index (χ0v) is 13.4. The number of nitrogens with zero attached hydrogens (tertiary/aromatic N) is 2. The molecule has 3 fully saturated rings. The van der Waals surface area contributed by atoms with Crippen LogP contribution in [0.3, 0.4) is 0 Å². The van der Waals surface area contributed by atoms with Crippen LogP contribution in [0.25, 0.3) is 11.0 Å².